The van der Waals surface area contributed by atoms with Crippen LogP contribution in [0, 0.1) is 11.8 Å². The van der Waals surface area contributed by atoms with E-state index >= 15 is 0 Å². The highest BCUT2D eigenvalue weighted by Gasteiger charge is 2.59. The number of ether oxygens (including phenoxy) is 3. The number of hydrogen-bond donors (Lipinski definition) is 1. The number of fused-ring (bicyclic) bond motifs is 3. The fourth-order valence-electron chi connectivity index (χ4n) is 4.19. The Morgan fingerprint density at radius 2 is 1.88 bits per heavy atom. The first kappa shape index (κ1) is 18.4. The van der Waals surface area contributed by atoms with Crippen molar-refractivity contribution in [3.05, 3.63) is 35.5 Å². The Morgan fingerprint density at radius 1 is 1.27 bits per heavy atom. The van der Waals surface area contributed by atoms with Gasteiger partial charge < -0.3 is 19.3 Å². The van der Waals surface area contributed by atoms with Gasteiger partial charge >= 0.3 is 17.9 Å². The van der Waals surface area contributed by atoms with Crippen molar-refractivity contribution in [2.75, 3.05) is 0 Å². The Labute approximate surface area is 151 Å². The number of carbonyl (C=O) groups is 3. The maximum absolute atomic E-state index is 12.2. The maximum atomic E-state index is 12.2. The van der Waals surface area contributed by atoms with E-state index in [1.807, 2.05) is 0 Å². The quantitative estimate of drug-likeness (QED) is 0.448. The Kier molecular flexibility index (Phi) is 4.30. The van der Waals surface area contributed by atoms with Crippen LogP contribution in [0.25, 0.3) is 0 Å². The zero-order valence-electron chi connectivity index (χ0n) is 15.1. The molecule has 1 aliphatic heterocycles. The van der Waals surface area contributed by atoms with Gasteiger partial charge in [0.25, 0.3) is 0 Å². The largest absolute Gasteiger partial charge is 0.457 e. The van der Waals surface area contributed by atoms with E-state index < -0.39 is 53.7 Å². The summed E-state index contributed by atoms with van der Waals surface area (Å²) in [5, 5.41) is 10.8. The lowest BCUT2D eigenvalue weighted by molar-refractivity contribution is -0.168. The van der Waals surface area contributed by atoms with Crippen LogP contribution >= 0.6 is 0 Å². The molecule has 0 aromatic rings. The molecule has 3 aliphatic rings. The summed E-state index contributed by atoms with van der Waals surface area (Å²) >= 11 is 0. The summed E-state index contributed by atoms with van der Waals surface area (Å²) in [6.07, 6.45) is 0.698. The third-order valence-electron chi connectivity index (χ3n) is 5.28. The third kappa shape index (κ3) is 2.76. The molecule has 0 radical (unpaired) electrons. The Morgan fingerprint density at radius 3 is 2.46 bits per heavy atom. The standard InChI is InChI=1S/C19H22O7/c1-8-12-6-7-19(5,23)14(12)16-13(9(2)18(22)26-16)17(25-11(4)21)15(8)24-10(3)20/h6-7,13-17,23H,2H2,1,3-5H3/t13-,14-,15-,16-,17+,19+/m0/s1. The summed E-state index contributed by atoms with van der Waals surface area (Å²) in [7, 11) is 0. The molecule has 0 bridgehead atoms. The van der Waals surface area contributed by atoms with Crippen molar-refractivity contribution in [3.8, 4) is 0 Å². The molecule has 26 heavy (non-hydrogen) atoms. The molecule has 0 aromatic carbocycles. The first-order chi connectivity index (χ1) is 12.0. The molecule has 140 valence electrons. The van der Waals surface area contributed by atoms with Crippen LogP contribution < -0.4 is 0 Å². The van der Waals surface area contributed by atoms with E-state index in [9.17, 15) is 19.5 Å². The summed E-state index contributed by atoms with van der Waals surface area (Å²) in [5.41, 5.74) is 0.211. The minimum Gasteiger partial charge on any atom is -0.457 e. The van der Waals surface area contributed by atoms with Crippen LogP contribution in [0.1, 0.15) is 27.7 Å². The average Bonchev–Trinajstić information content (AvgIpc) is 2.95. The van der Waals surface area contributed by atoms with Gasteiger partial charge in [-0.15, -0.1) is 0 Å². The minimum absolute atomic E-state index is 0.134. The van der Waals surface area contributed by atoms with Crippen LogP contribution in [0.15, 0.2) is 35.5 Å². The maximum Gasteiger partial charge on any atom is 0.334 e. The van der Waals surface area contributed by atoms with Crippen LogP contribution in [0.3, 0.4) is 0 Å². The molecule has 1 heterocycles. The van der Waals surface area contributed by atoms with Gasteiger partial charge in [-0.05, 0) is 25.0 Å². The van der Waals surface area contributed by atoms with Crippen molar-refractivity contribution >= 4 is 17.9 Å². The normalized spacial score (nSPS) is 38.4. The van der Waals surface area contributed by atoms with E-state index in [1.165, 1.54) is 13.8 Å². The van der Waals surface area contributed by atoms with Gasteiger partial charge in [-0.25, -0.2) is 4.79 Å². The molecule has 1 N–H and O–H groups in total. The smallest absolute Gasteiger partial charge is 0.334 e. The Bertz CT molecular complexity index is 758. The highest BCUT2D eigenvalue weighted by molar-refractivity contribution is 5.91. The molecule has 1 saturated heterocycles. The van der Waals surface area contributed by atoms with Crippen molar-refractivity contribution in [2.45, 2.75) is 51.6 Å². The molecular formula is C19H22O7. The SMILES string of the molecule is C=C1C(=O)O[C@H]2[C@H]1[C@@H](OC(C)=O)[C@@H](OC(C)=O)C(C)=C1C=C[C@@](C)(O)[C@@H]12. The fraction of sp³-hybridized carbons (Fsp3) is 0.526. The summed E-state index contributed by atoms with van der Waals surface area (Å²) in [5.74, 6) is -3.05. The monoisotopic (exact) mass is 362 g/mol. The lowest BCUT2D eigenvalue weighted by Crippen LogP contribution is -2.46. The van der Waals surface area contributed by atoms with Gasteiger partial charge in [0.2, 0.25) is 0 Å². The Balaban J connectivity index is 2.20. The van der Waals surface area contributed by atoms with Crippen molar-refractivity contribution in [2.24, 2.45) is 11.8 Å². The predicted molar refractivity (Wildman–Crippen MR) is 89.6 cm³/mol. The molecule has 2 aliphatic carbocycles. The van der Waals surface area contributed by atoms with Gasteiger partial charge in [-0.3, -0.25) is 9.59 Å². The van der Waals surface area contributed by atoms with Gasteiger partial charge in [-0.2, -0.15) is 0 Å². The molecule has 3 rings (SSSR count). The van der Waals surface area contributed by atoms with Crippen molar-refractivity contribution < 1.29 is 33.7 Å². The number of hydrogen-bond acceptors (Lipinski definition) is 7. The first-order valence-corrected chi connectivity index (χ1v) is 8.41. The van der Waals surface area contributed by atoms with E-state index in [2.05, 4.69) is 6.58 Å². The summed E-state index contributed by atoms with van der Waals surface area (Å²) in [4.78, 5) is 35.6. The molecule has 6 atom stereocenters. The van der Waals surface area contributed by atoms with Gasteiger partial charge in [0.1, 0.15) is 6.10 Å². The molecule has 0 amide bonds. The van der Waals surface area contributed by atoms with Crippen LogP contribution in [0.2, 0.25) is 0 Å². The van der Waals surface area contributed by atoms with Crippen LogP contribution in [0.5, 0.6) is 0 Å². The molecule has 0 saturated carbocycles. The molecule has 7 nitrogen and oxygen atoms in total. The second-order valence-electron chi connectivity index (χ2n) is 7.20. The summed E-state index contributed by atoms with van der Waals surface area (Å²) in [6, 6.07) is 0. The van der Waals surface area contributed by atoms with E-state index in [4.69, 9.17) is 14.2 Å². The van der Waals surface area contributed by atoms with Crippen molar-refractivity contribution in [1.82, 2.24) is 0 Å². The van der Waals surface area contributed by atoms with Crippen LogP contribution in [-0.4, -0.2) is 46.9 Å². The predicted octanol–water partition coefficient (Wildman–Crippen LogP) is 1.21. The van der Waals surface area contributed by atoms with E-state index in [0.717, 1.165) is 0 Å². The molecule has 7 heteroatoms. The van der Waals surface area contributed by atoms with Gasteiger partial charge in [0.15, 0.2) is 12.2 Å². The van der Waals surface area contributed by atoms with Gasteiger partial charge in [-0.1, -0.05) is 18.7 Å². The molecule has 1 fully saturated rings. The number of esters is 3. The zero-order valence-corrected chi connectivity index (χ0v) is 15.1. The number of aliphatic hydroxyl groups is 1. The van der Waals surface area contributed by atoms with E-state index in [1.54, 1.807) is 26.0 Å². The average molecular weight is 362 g/mol. The Hall–Kier alpha value is -2.41. The second kappa shape index (κ2) is 6.09. The summed E-state index contributed by atoms with van der Waals surface area (Å²) in [6.45, 7) is 9.66. The lowest BCUT2D eigenvalue weighted by atomic mass is 9.78. The number of carbonyl (C=O) groups excluding carboxylic acids is 3. The fourth-order valence-corrected chi connectivity index (χ4v) is 4.19. The first-order valence-electron chi connectivity index (χ1n) is 8.41. The topological polar surface area (TPSA) is 99.1 Å². The van der Waals surface area contributed by atoms with Crippen molar-refractivity contribution in [1.29, 1.82) is 0 Å². The minimum atomic E-state index is -1.27. The number of rotatable bonds is 2. The van der Waals surface area contributed by atoms with Crippen LogP contribution in [0.4, 0.5) is 0 Å². The molecule has 0 aromatic heterocycles. The van der Waals surface area contributed by atoms with Crippen LogP contribution in [-0.2, 0) is 28.6 Å². The third-order valence-corrected chi connectivity index (χ3v) is 5.28. The van der Waals surface area contributed by atoms with E-state index in [-0.39, 0.29) is 5.57 Å². The summed E-state index contributed by atoms with van der Waals surface area (Å²) < 4.78 is 16.5. The lowest BCUT2D eigenvalue weighted by Gasteiger charge is -2.34. The van der Waals surface area contributed by atoms with Gasteiger partial charge in [0, 0.05) is 19.4 Å². The molecule has 0 unspecified atom stereocenters. The van der Waals surface area contributed by atoms with Gasteiger partial charge in [0.05, 0.1) is 17.4 Å². The number of allylic oxidation sites excluding steroid dienone is 1. The highest BCUT2D eigenvalue weighted by Crippen LogP contribution is 2.50. The van der Waals surface area contributed by atoms with Crippen molar-refractivity contribution in [3.63, 3.8) is 0 Å². The molecular weight excluding hydrogens is 340 g/mol. The zero-order chi connectivity index (χ0) is 19.4. The highest BCUT2D eigenvalue weighted by atomic mass is 16.6. The molecule has 0 spiro atoms. The second-order valence-corrected chi connectivity index (χ2v) is 7.20. The van der Waals surface area contributed by atoms with E-state index in [0.29, 0.717) is 11.1 Å².